The van der Waals surface area contributed by atoms with Crippen molar-refractivity contribution >= 4 is 39.9 Å². The summed E-state index contributed by atoms with van der Waals surface area (Å²) >= 11 is 3.35. The van der Waals surface area contributed by atoms with Crippen LogP contribution in [-0.2, 0) is 4.79 Å². The van der Waals surface area contributed by atoms with Crippen molar-refractivity contribution in [3.05, 3.63) is 28.7 Å². The van der Waals surface area contributed by atoms with E-state index < -0.39 is 5.54 Å². The summed E-state index contributed by atoms with van der Waals surface area (Å²) in [6.45, 7) is 0. The molecule has 3 N–H and O–H groups in total. The fourth-order valence-corrected chi connectivity index (χ4v) is 2.29. The van der Waals surface area contributed by atoms with E-state index in [1.54, 1.807) is 0 Å². The van der Waals surface area contributed by atoms with Gasteiger partial charge in [0.25, 0.3) is 0 Å². The third-order valence-electron chi connectivity index (χ3n) is 3.05. The topological polar surface area (TPSA) is 55.1 Å². The molecule has 0 heterocycles. The summed E-state index contributed by atoms with van der Waals surface area (Å²) in [7, 11) is 0. The van der Waals surface area contributed by atoms with Gasteiger partial charge in [-0.1, -0.05) is 28.8 Å². The van der Waals surface area contributed by atoms with Crippen molar-refractivity contribution in [3.8, 4) is 0 Å². The van der Waals surface area contributed by atoms with Crippen molar-refractivity contribution in [2.24, 2.45) is 5.73 Å². The van der Waals surface area contributed by atoms with E-state index in [9.17, 15) is 4.79 Å². The highest BCUT2D eigenvalue weighted by atomic mass is 79.9. The van der Waals surface area contributed by atoms with Gasteiger partial charge >= 0.3 is 0 Å². The lowest BCUT2D eigenvalue weighted by atomic mass is 9.98. The molecule has 0 radical (unpaired) electrons. The Morgan fingerprint density at radius 1 is 1.24 bits per heavy atom. The molecule has 2 rings (SSSR count). The lowest BCUT2D eigenvalue weighted by Crippen LogP contribution is -2.48. The average Bonchev–Trinajstić information content (AvgIpc) is 2.70. The molecule has 94 valence electrons. The van der Waals surface area contributed by atoms with Gasteiger partial charge in [-0.05, 0) is 37.1 Å². The van der Waals surface area contributed by atoms with Crippen LogP contribution in [0.5, 0.6) is 0 Å². The molecule has 17 heavy (non-hydrogen) atoms. The Kier molecular flexibility index (Phi) is 4.98. The fraction of sp³-hybridized carbons (Fsp3) is 0.417. The number of carbonyl (C=O) groups is 1. The predicted molar refractivity (Wildman–Crippen MR) is 75.4 cm³/mol. The van der Waals surface area contributed by atoms with Crippen LogP contribution in [0.4, 0.5) is 5.69 Å². The summed E-state index contributed by atoms with van der Waals surface area (Å²) in [4.78, 5) is 12.0. The molecule has 1 aliphatic carbocycles. The predicted octanol–water partition coefficient (Wildman–Crippen LogP) is 3.08. The summed E-state index contributed by atoms with van der Waals surface area (Å²) in [5, 5.41) is 2.87. The summed E-state index contributed by atoms with van der Waals surface area (Å²) < 4.78 is 0.994. The van der Waals surface area contributed by atoms with Crippen molar-refractivity contribution < 1.29 is 4.79 Å². The number of amides is 1. The SMILES string of the molecule is Cl.NC1(C(=O)Nc2ccc(Br)cc2)CCCC1. The molecule has 0 unspecified atom stereocenters. The Morgan fingerprint density at radius 3 is 2.29 bits per heavy atom. The van der Waals surface area contributed by atoms with Crippen LogP contribution in [0.1, 0.15) is 25.7 Å². The highest BCUT2D eigenvalue weighted by Crippen LogP contribution is 2.28. The van der Waals surface area contributed by atoms with E-state index in [0.29, 0.717) is 0 Å². The molecule has 1 fully saturated rings. The molecule has 0 bridgehead atoms. The lowest BCUT2D eigenvalue weighted by molar-refractivity contribution is -0.121. The van der Waals surface area contributed by atoms with Gasteiger partial charge in [0, 0.05) is 10.2 Å². The normalized spacial score (nSPS) is 17.3. The van der Waals surface area contributed by atoms with E-state index in [1.165, 1.54) is 0 Å². The van der Waals surface area contributed by atoms with Crippen LogP contribution in [0, 0.1) is 0 Å². The average molecular weight is 320 g/mol. The molecule has 1 saturated carbocycles. The number of nitrogens with two attached hydrogens (primary N) is 1. The van der Waals surface area contributed by atoms with Crippen LogP contribution in [0.15, 0.2) is 28.7 Å². The van der Waals surface area contributed by atoms with E-state index in [0.717, 1.165) is 35.8 Å². The van der Waals surface area contributed by atoms with Gasteiger partial charge in [0.2, 0.25) is 5.91 Å². The highest BCUT2D eigenvalue weighted by molar-refractivity contribution is 9.10. The summed E-state index contributed by atoms with van der Waals surface area (Å²) in [6.07, 6.45) is 3.67. The molecule has 0 aliphatic heterocycles. The number of hydrogen-bond acceptors (Lipinski definition) is 2. The van der Waals surface area contributed by atoms with Gasteiger partial charge < -0.3 is 11.1 Å². The molecule has 1 aromatic carbocycles. The lowest BCUT2D eigenvalue weighted by Gasteiger charge is -2.22. The van der Waals surface area contributed by atoms with Gasteiger partial charge in [-0.15, -0.1) is 12.4 Å². The standard InChI is InChI=1S/C12H15BrN2O.ClH/c13-9-3-5-10(6-4-9)15-11(16)12(14)7-1-2-8-12;/h3-6H,1-2,7-8,14H2,(H,15,16);1H. The number of carbonyl (C=O) groups excluding carboxylic acids is 1. The van der Waals surface area contributed by atoms with Gasteiger partial charge in [0.05, 0.1) is 5.54 Å². The van der Waals surface area contributed by atoms with Crippen LogP contribution in [0.3, 0.4) is 0 Å². The molecule has 1 aliphatic rings. The number of benzene rings is 1. The molecule has 0 spiro atoms. The van der Waals surface area contributed by atoms with Crippen molar-refractivity contribution in [3.63, 3.8) is 0 Å². The monoisotopic (exact) mass is 318 g/mol. The third-order valence-corrected chi connectivity index (χ3v) is 3.58. The summed E-state index contributed by atoms with van der Waals surface area (Å²) in [6, 6.07) is 7.52. The third kappa shape index (κ3) is 3.44. The van der Waals surface area contributed by atoms with Crippen LogP contribution in [-0.4, -0.2) is 11.4 Å². The maximum absolute atomic E-state index is 12.0. The Labute approximate surface area is 116 Å². The number of rotatable bonds is 2. The maximum atomic E-state index is 12.0. The zero-order chi connectivity index (χ0) is 11.6. The van der Waals surface area contributed by atoms with Crippen LogP contribution >= 0.6 is 28.3 Å². The summed E-state index contributed by atoms with van der Waals surface area (Å²) in [5.41, 5.74) is 6.20. The molecule has 1 aromatic rings. The van der Waals surface area contributed by atoms with Gasteiger partial charge in [0.1, 0.15) is 0 Å². The Bertz CT molecular complexity index is 388. The Balaban J connectivity index is 0.00000144. The van der Waals surface area contributed by atoms with Crippen molar-refractivity contribution in [1.29, 1.82) is 0 Å². The molecule has 0 atom stereocenters. The van der Waals surface area contributed by atoms with Crippen LogP contribution in [0.2, 0.25) is 0 Å². The Morgan fingerprint density at radius 2 is 1.76 bits per heavy atom. The number of anilines is 1. The minimum Gasteiger partial charge on any atom is -0.324 e. The van der Waals surface area contributed by atoms with Gasteiger partial charge in [-0.3, -0.25) is 4.79 Å². The maximum Gasteiger partial charge on any atom is 0.244 e. The first kappa shape index (κ1) is 14.5. The van der Waals surface area contributed by atoms with Gasteiger partial charge in [-0.25, -0.2) is 0 Å². The van der Waals surface area contributed by atoms with Crippen molar-refractivity contribution in [2.75, 3.05) is 5.32 Å². The van der Waals surface area contributed by atoms with Gasteiger partial charge in [0.15, 0.2) is 0 Å². The van der Waals surface area contributed by atoms with Crippen LogP contribution < -0.4 is 11.1 Å². The second-order valence-corrected chi connectivity index (χ2v) is 5.24. The van der Waals surface area contributed by atoms with Gasteiger partial charge in [-0.2, -0.15) is 0 Å². The molecule has 5 heteroatoms. The second-order valence-electron chi connectivity index (χ2n) is 4.32. The first-order valence-electron chi connectivity index (χ1n) is 5.46. The van der Waals surface area contributed by atoms with E-state index in [4.69, 9.17) is 5.73 Å². The molecule has 1 amide bonds. The van der Waals surface area contributed by atoms with E-state index >= 15 is 0 Å². The number of hydrogen-bond donors (Lipinski definition) is 2. The van der Waals surface area contributed by atoms with Crippen molar-refractivity contribution in [1.82, 2.24) is 0 Å². The second kappa shape index (κ2) is 5.85. The van der Waals surface area contributed by atoms with E-state index in [-0.39, 0.29) is 18.3 Å². The smallest absolute Gasteiger partial charge is 0.244 e. The zero-order valence-corrected chi connectivity index (χ0v) is 11.8. The number of nitrogens with one attached hydrogen (secondary N) is 1. The quantitative estimate of drug-likeness (QED) is 0.880. The minimum atomic E-state index is -0.660. The highest BCUT2D eigenvalue weighted by Gasteiger charge is 2.36. The molecule has 3 nitrogen and oxygen atoms in total. The summed E-state index contributed by atoms with van der Waals surface area (Å²) in [5.74, 6) is -0.0627. The fourth-order valence-electron chi connectivity index (χ4n) is 2.02. The number of halogens is 2. The molecule has 0 aromatic heterocycles. The first-order chi connectivity index (χ1) is 7.60. The van der Waals surface area contributed by atoms with Crippen LogP contribution in [0.25, 0.3) is 0 Å². The molecule has 0 saturated heterocycles. The molecular formula is C12H16BrClN2O. The van der Waals surface area contributed by atoms with E-state index in [2.05, 4.69) is 21.2 Å². The Hall–Kier alpha value is -0.580. The minimum absolute atomic E-state index is 0. The van der Waals surface area contributed by atoms with E-state index in [1.807, 2.05) is 24.3 Å². The molecular weight excluding hydrogens is 304 g/mol. The first-order valence-corrected chi connectivity index (χ1v) is 6.25. The zero-order valence-electron chi connectivity index (χ0n) is 9.41. The van der Waals surface area contributed by atoms with Crippen molar-refractivity contribution in [2.45, 2.75) is 31.2 Å². The largest absolute Gasteiger partial charge is 0.324 e.